The van der Waals surface area contributed by atoms with Crippen molar-refractivity contribution in [2.45, 2.75) is 71.9 Å². The number of rotatable bonds is 0. The van der Waals surface area contributed by atoms with Crippen molar-refractivity contribution in [1.82, 2.24) is 5.32 Å². The van der Waals surface area contributed by atoms with Crippen molar-refractivity contribution in [3.63, 3.8) is 0 Å². The largest absolute Gasteiger partial charge is 0.310 e. The minimum absolute atomic E-state index is 0.0888. The molecule has 92 valence electrons. The number of ketones is 1. The second-order valence-electron chi connectivity index (χ2n) is 6.93. The Morgan fingerprint density at radius 3 is 2.62 bits per heavy atom. The fourth-order valence-electron chi connectivity index (χ4n) is 3.24. The Morgan fingerprint density at radius 1 is 1.31 bits per heavy atom. The van der Waals surface area contributed by atoms with Gasteiger partial charge in [0.15, 0.2) is 0 Å². The quantitative estimate of drug-likeness (QED) is 0.684. The second kappa shape index (κ2) is 3.83. The van der Waals surface area contributed by atoms with Gasteiger partial charge >= 0.3 is 0 Å². The van der Waals surface area contributed by atoms with Gasteiger partial charge < -0.3 is 5.32 Å². The smallest absolute Gasteiger partial charge is 0.140 e. The highest BCUT2D eigenvalue weighted by Crippen LogP contribution is 2.44. The van der Waals surface area contributed by atoms with Crippen molar-refractivity contribution in [2.75, 3.05) is 0 Å². The van der Waals surface area contributed by atoms with Crippen molar-refractivity contribution in [2.24, 2.45) is 10.8 Å². The monoisotopic (exact) mass is 223 g/mol. The number of Topliss-reactive ketones (excluding diaryl/α,β-unsaturated/α-hetero) is 1. The fraction of sp³-hybridized carbons (Fsp3) is 0.929. The van der Waals surface area contributed by atoms with Gasteiger partial charge in [-0.25, -0.2) is 0 Å². The molecule has 0 aromatic carbocycles. The van der Waals surface area contributed by atoms with Crippen LogP contribution in [0.5, 0.6) is 0 Å². The zero-order chi connectivity index (χ0) is 12.0. The van der Waals surface area contributed by atoms with Gasteiger partial charge in [-0.1, -0.05) is 34.1 Å². The number of nitrogens with one attached hydrogen (secondary N) is 1. The van der Waals surface area contributed by atoms with Crippen molar-refractivity contribution in [3.05, 3.63) is 0 Å². The molecule has 2 aliphatic rings. The summed E-state index contributed by atoms with van der Waals surface area (Å²) in [6.07, 6.45) is 5.29. The Morgan fingerprint density at radius 2 is 2.00 bits per heavy atom. The minimum atomic E-state index is -0.0888. The first kappa shape index (κ1) is 12.1. The number of fused-ring (bicyclic) bond motifs is 1. The molecule has 1 saturated heterocycles. The van der Waals surface area contributed by atoms with Crippen LogP contribution in [0.2, 0.25) is 0 Å². The van der Waals surface area contributed by atoms with Crippen LogP contribution in [0.1, 0.15) is 59.8 Å². The summed E-state index contributed by atoms with van der Waals surface area (Å²) in [5, 5.41) is 3.72. The predicted molar refractivity (Wildman–Crippen MR) is 66.4 cm³/mol. The highest BCUT2D eigenvalue weighted by Gasteiger charge is 2.51. The van der Waals surface area contributed by atoms with Crippen LogP contribution in [0.3, 0.4) is 0 Å². The summed E-state index contributed by atoms with van der Waals surface area (Å²) in [6.45, 7) is 8.99. The molecule has 0 spiro atoms. The molecule has 1 heterocycles. The van der Waals surface area contributed by atoms with Gasteiger partial charge in [0.25, 0.3) is 0 Å². The zero-order valence-corrected chi connectivity index (χ0v) is 11.1. The van der Waals surface area contributed by atoms with E-state index in [-0.39, 0.29) is 10.8 Å². The Balaban J connectivity index is 2.21. The molecule has 0 aromatic rings. The lowest BCUT2D eigenvalue weighted by Gasteiger charge is -2.28. The van der Waals surface area contributed by atoms with E-state index in [0.717, 1.165) is 19.3 Å². The molecule has 1 aliphatic carbocycles. The first-order chi connectivity index (χ1) is 7.34. The maximum absolute atomic E-state index is 12.3. The molecule has 0 aromatic heterocycles. The Kier molecular flexibility index (Phi) is 2.90. The summed E-state index contributed by atoms with van der Waals surface area (Å²) in [6, 6.07) is 0.913. The molecule has 2 fully saturated rings. The van der Waals surface area contributed by atoms with Crippen molar-refractivity contribution < 1.29 is 4.79 Å². The number of hydrogen-bond acceptors (Lipinski definition) is 2. The van der Waals surface area contributed by atoms with E-state index < -0.39 is 0 Å². The van der Waals surface area contributed by atoms with Gasteiger partial charge in [0, 0.05) is 23.9 Å². The molecule has 0 unspecified atom stereocenters. The fourth-order valence-corrected chi connectivity index (χ4v) is 3.24. The lowest BCUT2D eigenvalue weighted by molar-refractivity contribution is -0.128. The molecular weight excluding hydrogens is 198 g/mol. The highest BCUT2D eigenvalue weighted by atomic mass is 16.1. The normalized spacial score (nSPS) is 40.6. The van der Waals surface area contributed by atoms with Crippen LogP contribution < -0.4 is 5.32 Å². The second-order valence-corrected chi connectivity index (χ2v) is 6.93. The number of hydrogen-bond donors (Lipinski definition) is 1. The average Bonchev–Trinajstić information content (AvgIpc) is 2.45. The summed E-state index contributed by atoms with van der Waals surface area (Å²) >= 11 is 0. The molecule has 3 atom stereocenters. The molecule has 0 bridgehead atoms. The SMILES string of the molecule is CC(C)(C)[C@@H]1C[C@]2(C)C(=O)CCCC[C@@H]2N1. The van der Waals surface area contributed by atoms with E-state index in [0.29, 0.717) is 17.9 Å². The third kappa shape index (κ3) is 1.92. The average molecular weight is 223 g/mol. The maximum atomic E-state index is 12.3. The zero-order valence-electron chi connectivity index (χ0n) is 11.1. The van der Waals surface area contributed by atoms with Crippen LogP contribution in [0.4, 0.5) is 0 Å². The summed E-state index contributed by atoms with van der Waals surface area (Å²) in [5.74, 6) is 0.495. The lowest BCUT2D eigenvalue weighted by atomic mass is 9.74. The summed E-state index contributed by atoms with van der Waals surface area (Å²) in [4.78, 5) is 12.3. The van der Waals surface area contributed by atoms with Crippen LogP contribution in [0, 0.1) is 10.8 Å². The van der Waals surface area contributed by atoms with Crippen LogP contribution in [0.15, 0.2) is 0 Å². The van der Waals surface area contributed by atoms with Gasteiger partial charge in [0.2, 0.25) is 0 Å². The molecule has 1 saturated carbocycles. The van der Waals surface area contributed by atoms with Crippen LogP contribution in [-0.4, -0.2) is 17.9 Å². The van der Waals surface area contributed by atoms with Gasteiger partial charge in [-0.2, -0.15) is 0 Å². The van der Waals surface area contributed by atoms with E-state index in [1.54, 1.807) is 0 Å². The van der Waals surface area contributed by atoms with Gasteiger partial charge in [0.1, 0.15) is 5.78 Å². The summed E-state index contributed by atoms with van der Waals surface area (Å²) in [5.41, 5.74) is 0.171. The third-order valence-electron chi connectivity index (χ3n) is 4.63. The van der Waals surface area contributed by atoms with E-state index >= 15 is 0 Å². The Bertz CT molecular complexity index is 292. The van der Waals surface area contributed by atoms with Crippen molar-refractivity contribution >= 4 is 5.78 Å². The predicted octanol–water partition coefficient (Wildman–Crippen LogP) is 2.91. The van der Waals surface area contributed by atoms with E-state index in [1.807, 2.05) is 0 Å². The molecule has 16 heavy (non-hydrogen) atoms. The topological polar surface area (TPSA) is 29.1 Å². The van der Waals surface area contributed by atoms with Crippen LogP contribution >= 0.6 is 0 Å². The Labute approximate surface area is 99.2 Å². The van der Waals surface area contributed by atoms with Gasteiger partial charge in [-0.15, -0.1) is 0 Å². The van der Waals surface area contributed by atoms with Crippen LogP contribution in [-0.2, 0) is 4.79 Å². The molecular formula is C14H25NO. The molecule has 1 N–H and O–H groups in total. The molecule has 0 amide bonds. The minimum Gasteiger partial charge on any atom is -0.310 e. The van der Waals surface area contributed by atoms with Gasteiger partial charge in [0.05, 0.1) is 0 Å². The maximum Gasteiger partial charge on any atom is 0.140 e. The summed E-state index contributed by atoms with van der Waals surface area (Å²) in [7, 11) is 0. The number of carbonyl (C=O) groups excluding carboxylic acids is 1. The van der Waals surface area contributed by atoms with E-state index in [4.69, 9.17) is 0 Å². The molecule has 1 aliphatic heterocycles. The number of carbonyl (C=O) groups is 1. The molecule has 0 radical (unpaired) electrons. The third-order valence-corrected chi connectivity index (χ3v) is 4.63. The van der Waals surface area contributed by atoms with Gasteiger partial charge in [-0.3, -0.25) is 4.79 Å². The van der Waals surface area contributed by atoms with Crippen molar-refractivity contribution in [1.29, 1.82) is 0 Å². The van der Waals surface area contributed by atoms with E-state index in [1.165, 1.54) is 12.8 Å². The first-order valence-electron chi connectivity index (χ1n) is 6.63. The first-order valence-corrected chi connectivity index (χ1v) is 6.63. The highest BCUT2D eigenvalue weighted by molar-refractivity contribution is 5.86. The van der Waals surface area contributed by atoms with Crippen LogP contribution in [0.25, 0.3) is 0 Å². The molecule has 2 rings (SSSR count). The lowest BCUT2D eigenvalue weighted by Crippen LogP contribution is -2.41. The van der Waals surface area contributed by atoms with E-state index in [2.05, 4.69) is 33.0 Å². The van der Waals surface area contributed by atoms with Crippen molar-refractivity contribution in [3.8, 4) is 0 Å². The Hall–Kier alpha value is -0.370. The molecule has 2 heteroatoms. The van der Waals surface area contributed by atoms with E-state index in [9.17, 15) is 4.79 Å². The summed E-state index contributed by atoms with van der Waals surface area (Å²) < 4.78 is 0. The van der Waals surface area contributed by atoms with Gasteiger partial charge in [-0.05, 0) is 24.7 Å². The molecule has 2 nitrogen and oxygen atoms in total. The standard InChI is InChI=1S/C14H25NO/c1-13(2,3)11-9-14(4)10(15-11)7-5-6-8-12(14)16/h10-11,15H,5-9H2,1-4H3/t10-,11-,14-/m0/s1.